The van der Waals surface area contributed by atoms with Crippen molar-refractivity contribution in [2.24, 2.45) is 3.37 Å². The summed E-state index contributed by atoms with van der Waals surface area (Å²) < 4.78 is 30.8. The summed E-state index contributed by atoms with van der Waals surface area (Å²) in [7, 11) is 0.539. The monoisotopic (exact) mass is 622 g/mol. The van der Waals surface area contributed by atoms with E-state index in [0.717, 1.165) is 15.6 Å². The Hall–Kier alpha value is -2.37. The molecule has 0 aliphatic heterocycles. The molecule has 0 amide bonds. The Labute approximate surface area is 237 Å². The summed E-state index contributed by atoms with van der Waals surface area (Å²) in [6, 6.07) is 33.6. The van der Waals surface area contributed by atoms with Crippen molar-refractivity contribution in [1.29, 1.82) is 0 Å². The van der Waals surface area contributed by atoms with Crippen molar-refractivity contribution in [3.8, 4) is 0 Å². The van der Waals surface area contributed by atoms with Gasteiger partial charge >= 0.3 is 176 Å². The van der Waals surface area contributed by atoms with Crippen LogP contribution in [0.25, 0.3) is 6.08 Å². The molecule has 37 heavy (non-hydrogen) atoms. The minimum atomic E-state index is -3.65. The van der Waals surface area contributed by atoms with Gasteiger partial charge in [0.25, 0.3) is 0 Å². The predicted octanol–water partition coefficient (Wildman–Crippen LogP) is 6.31. The molecule has 0 fully saturated rings. The summed E-state index contributed by atoms with van der Waals surface area (Å²) >= 11 is -1.88. The van der Waals surface area contributed by atoms with Crippen molar-refractivity contribution in [3.63, 3.8) is 0 Å². The van der Waals surface area contributed by atoms with Crippen LogP contribution in [0.1, 0.15) is 29.7 Å². The Morgan fingerprint density at radius 2 is 1.57 bits per heavy atom. The van der Waals surface area contributed by atoms with Gasteiger partial charge in [0.05, 0.1) is 0 Å². The standard InChI is InChI=1S/C21H20NO2SSe.C9H14N.Fe/c1-18-13-15-20(16-14-18)25(23,24)22-26(21-11-5-6-12-21)17-7-10-19-8-3-2-4-9-19;1-8(10(2)3)9-6-4-5-7-9;/h2-16H,17H2,1H3;4-8H,1-3H3;/q2*-1;+2/b10-7+;;. The van der Waals surface area contributed by atoms with Gasteiger partial charge in [0.2, 0.25) is 0 Å². The van der Waals surface area contributed by atoms with Crippen LogP contribution in [0.3, 0.4) is 0 Å². The predicted molar refractivity (Wildman–Crippen MR) is 153 cm³/mol. The summed E-state index contributed by atoms with van der Waals surface area (Å²) in [5, 5.41) is 0.643. The van der Waals surface area contributed by atoms with E-state index < -0.39 is 23.7 Å². The summed E-state index contributed by atoms with van der Waals surface area (Å²) in [4.78, 5) is 2.46. The van der Waals surface area contributed by atoms with E-state index in [1.54, 1.807) is 24.3 Å². The fourth-order valence-electron chi connectivity index (χ4n) is 3.36. The first-order valence-corrected chi connectivity index (χ1v) is 16.1. The number of sulfonamides is 1. The van der Waals surface area contributed by atoms with E-state index in [4.69, 9.17) is 0 Å². The van der Waals surface area contributed by atoms with Crippen molar-refractivity contribution in [1.82, 2.24) is 4.90 Å². The average Bonchev–Trinajstić information content (AvgIpc) is 3.59. The molecule has 0 N–H and O–H groups in total. The molecule has 196 valence electrons. The molecule has 0 radical (unpaired) electrons. The van der Waals surface area contributed by atoms with Gasteiger partial charge in [-0.25, -0.2) is 12.1 Å². The molecule has 0 heterocycles. The minimum Gasteiger partial charge on any atom is 2.00 e. The second-order valence-corrected chi connectivity index (χ2v) is 14.4. The van der Waals surface area contributed by atoms with E-state index in [1.807, 2.05) is 73.7 Å². The minimum absolute atomic E-state index is 0. The summed E-state index contributed by atoms with van der Waals surface area (Å²) in [6.45, 7) is 4.14. The van der Waals surface area contributed by atoms with Crippen molar-refractivity contribution in [2.45, 2.75) is 30.1 Å². The number of rotatable bonds is 8. The van der Waals surface area contributed by atoms with Crippen molar-refractivity contribution in [2.75, 3.05) is 14.1 Å². The van der Waals surface area contributed by atoms with Gasteiger partial charge in [-0.2, -0.15) is 17.7 Å². The van der Waals surface area contributed by atoms with E-state index in [2.05, 4.69) is 53.6 Å². The molecule has 2 atom stereocenters. The number of hydrogen-bond donors (Lipinski definition) is 0. The molecule has 0 aromatic heterocycles. The SMILES string of the molecule is CC(c1ccc[cH-]1)N(C)C.Cc1ccc(S(=O)(=O)/N=[Se](\C/C=C/c2ccccc2)c2ccc[cH-]2)cc1.[Fe+2]. The van der Waals surface area contributed by atoms with Gasteiger partial charge in [-0.1, -0.05) is 0 Å². The maximum atomic E-state index is 12.7. The second kappa shape index (κ2) is 15.1. The fraction of sp³-hybridized carbons (Fsp3) is 0.200. The van der Waals surface area contributed by atoms with Crippen LogP contribution in [0.15, 0.2) is 117 Å². The number of nitrogens with zero attached hydrogens (tertiary/aromatic N) is 2. The van der Waals surface area contributed by atoms with Crippen LogP contribution >= 0.6 is 0 Å². The zero-order chi connectivity index (χ0) is 26.0. The maximum Gasteiger partial charge on any atom is 2.00 e. The Bertz CT molecular complexity index is 1340. The van der Waals surface area contributed by atoms with Crippen LogP contribution in [-0.4, -0.2) is 41.1 Å². The molecule has 7 heteroatoms. The van der Waals surface area contributed by atoms with E-state index in [1.165, 1.54) is 5.56 Å². The molecule has 0 saturated carbocycles. The zero-order valence-electron chi connectivity index (χ0n) is 21.6. The number of hydrogen-bond acceptors (Lipinski definition) is 3. The van der Waals surface area contributed by atoms with Crippen molar-refractivity contribution >= 4 is 34.3 Å². The van der Waals surface area contributed by atoms with Gasteiger partial charge in [-0.05, 0) is 21.0 Å². The molecular formula is C30H34FeN2O2SSe. The fourth-order valence-corrected chi connectivity index (χ4v) is 9.24. The van der Waals surface area contributed by atoms with Gasteiger partial charge < -0.3 is 4.90 Å². The molecule has 0 aliphatic rings. The van der Waals surface area contributed by atoms with Crippen molar-refractivity contribution < 1.29 is 25.5 Å². The van der Waals surface area contributed by atoms with E-state index in [9.17, 15) is 8.42 Å². The molecule has 4 nitrogen and oxygen atoms in total. The first-order chi connectivity index (χ1) is 17.3. The van der Waals surface area contributed by atoms with Gasteiger partial charge in [0.1, 0.15) is 0 Å². The first-order valence-electron chi connectivity index (χ1n) is 11.8. The van der Waals surface area contributed by atoms with E-state index in [-0.39, 0.29) is 22.0 Å². The molecule has 4 aromatic carbocycles. The van der Waals surface area contributed by atoms with E-state index in [0.29, 0.717) is 11.4 Å². The van der Waals surface area contributed by atoms with E-state index >= 15 is 0 Å². The second-order valence-electron chi connectivity index (χ2n) is 8.69. The number of benzene rings is 2. The third kappa shape index (κ3) is 9.79. The molecule has 4 rings (SSSR count). The molecule has 0 spiro atoms. The van der Waals surface area contributed by atoms with Gasteiger partial charge in [-0.15, -0.1) is 0 Å². The normalized spacial score (nSPS) is 13.1. The van der Waals surface area contributed by atoms with Crippen LogP contribution in [0, 0.1) is 6.92 Å². The van der Waals surface area contributed by atoms with Crippen LogP contribution < -0.4 is 4.46 Å². The largest absolute Gasteiger partial charge is 2.00 e. The van der Waals surface area contributed by atoms with Crippen LogP contribution in [0.2, 0.25) is 5.32 Å². The Morgan fingerprint density at radius 1 is 0.919 bits per heavy atom. The van der Waals surface area contributed by atoms with Crippen LogP contribution in [0.4, 0.5) is 0 Å². The third-order valence-corrected chi connectivity index (χ3v) is 12.1. The Balaban J connectivity index is 0.000000369. The topological polar surface area (TPSA) is 49.7 Å². The summed E-state index contributed by atoms with van der Waals surface area (Å²) in [5.74, 6) is 0. The van der Waals surface area contributed by atoms with Gasteiger partial charge in [0.15, 0.2) is 0 Å². The number of aryl methyl sites for hydroxylation is 1. The molecule has 0 saturated heterocycles. The third-order valence-electron chi connectivity index (χ3n) is 5.72. The Morgan fingerprint density at radius 3 is 2.14 bits per heavy atom. The van der Waals surface area contributed by atoms with Crippen LogP contribution in [-0.2, 0) is 27.1 Å². The summed E-state index contributed by atoms with van der Waals surface area (Å²) in [5.41, 5.74) is 3.52. The maximum absolute atomic E-state index is 12.7. The smallest absolute Gasteiger partial charge is 2.00 e. The zero-order valence-corrected chi connectivity index (χ0v) is 25.3. The average molecular weight is 621 g/mol. The quantitative estimate of drug-likeness (QED) is 0.171. The molecule has 0 bridgehead atoms. The molecule has 4 aromatic rings. The van der Waals surface area contributed by atoms with Gasteiger partial charge in [0, 0.05) is 6.04 Å². The summed E-state index contributed by atoms with van der Waals surface area (Å²) in [6.07, 6.45) is 4.05. The molecule has 0 aliphatic carbocycles. The number of allylic oxidation sites excluding steroid dienone is 1. The van der Waals surface area contributed by atoms with Crippen molar-refractivity contribution in [3.05, 3.63) is 126 Å². The Kier molecular flexibility index (Phi) is 12.6. The first kappa shape index (κ1) is 30.9. The molecule has 2 unspecified atom stereocenters. The van der Waals surface area contributed by atoms with Crippen LogP contribution in [0.5, 0.6) is 0 Å². The van der Waals surface area contributed by atoms with Gasteiger partial charge in [-0.3, -0.25) is 0 Å². The molecular weight excluding hydrogens is 587 g/mol.